The molecule has 0 spiro atoms. The van der Waals surface area contributed by atoms with Gasteiger partial charge in [0.15, 0.2) is 0 Å². The topological polar surface area (TPSA) is 66.6 Å². The Morgan fingerprint density at radius 1 is 1.04 bits per heavy atom. The van der Waals surface area contributed by atoms with Crippen molar-refractivity contribution in [1.82, 2.24) is 9.80 Å². The van der Waals surface area contributed by atoms with Crippen LogP contribution in [0, 0.1) is 5.92 Å². The average molecular weight is 343 g/mol. The first-order chi connectivity index (χ1) is 12.1. The number of piperidine rings is 2. The van der Waals surface area contributed by atoms with Gasteiger partial charge in [-0.2, -0.15) is 0 Å². The van der Waals surface area contributed by atoms with Crippen molar-refractivity contribution in [1.29, 1.82) is 0 Å². The van der Waals surface area contributed by atoms with Crippen molar-refractivity contribution in [3.05, 3.63) is 35.9 Å². The van der Waals surface area contributed by atoms with Gasteiger partial charge in [0.05, 0.1) is 5.92 Å². The summed E-state index contributed by atoms with van der Waals surface area (Å²) in [7, 11) is 0. The maximum atomic E-state index is 13.1. The van der Waals surface area contributed by atoms with E-state index in [1.807, 2.05) is 11.0 Å². The Morgan fingerprint density at radius 2 is 1.84 bits per heavy atom. The van der Waals surface area contributed by atoms with Gasteiger partial charge in [-0.05, 0) is 44.2 Å². The normalized spacial score (nSPS) is 24.9. The molecule has 2 fully saturated rings. The molecule has 2 unspecified atom stereocenters. The van der Waals surface area contributed by atoms with Crippen molar-refractivity contribution in [3.8, 4) is 0 Å². The number of amides is 2. The van der Waals surface area contributed by atoms with Crippen LogP contribution < -0.4 is 5.73 Å². The van der Waals surface area contributed by atoms with Crippen LogP contribution in [0.25, 0.3) is 0 Å². The summed E-state index contributed by atoms with van der Waals surface area (Å²) in [5.74, 6) is -0.0336. The third-order valence-corrected chi connectivity index (χ3v) is 5.45. The fourth-order valence-electron chi connectivity index (χ4n) is 4.21. The molecule has 2 aliphatic heterocycles. The molecule has 25 heavy (non-hydrogen) atoms. The largest absolute Gasteiger partial charge is 0.370 e. The van der Waals surface area contributed by atoms with Gasteiger partial charge in [-0.3, -0.25) is 14.5 Å². The monoisotopic (exact) mass is 343 g/mol. The molecule has 5 heteroatoms. The Labute approximate surface area is 150 Å². The van der Waals surface area contributed by atoms with Gasteiger partial charge in [0, 0.05) is 32.1 Å². The van der Waals surface area contributed by atoms with Gasteiger partial charge in [-0.25, -0.2) is 0 Å². The number of nitrogens with zero attached hydrogens (tertiary/aromatic N) is 2. The average Bonchev–Trinajstić information content (AvgIpc) is 2.62. The standard InChI is InChI=1S/C20H29N3O2/c21-19(24)13-18-10-4-5-12-23(18)20(25)17-9-6-11-22(15-17)14-16-7-2-1-3-8-16/h1-3,7-8,17-18H,4-6,9-15H2,(H2,21,24). The van der Waals surface area contributed by atoms with Crippen molar-refractivity contribution in [3.63, 3.8) is 0 Å². The van der Waals surface area contributed by atoms with Gasteiger partial charge in [-0.15, -0.1) is 0 Å². The number of benzene rings is 1. The van der Waals surface area contributed by atoms with Gasteiger partial charge in [0.2, 0.25) is 11.8 Å². The van der Waals surface area contributed by atoms with Crippen molar-refractivity contribution < 1.29 is 9.59 Å². The number of hydrogen-bond donors (Lipinski definition) is 1. The SMILES string of the molecule is NC(=O)CC1CCCCN1C(=O)C1CCCN(Cc2ccccc2)C1. The van der Waals surface area contributed by atoms with Crippen LogP contribution in [0.2, 0.25) is 0 Å². The smallest absolute Gasteiger partial charge is 0.227 e. The molecule has 0 aliphatic carbocycles. The van der Waals surface area contributed by atoms with E-state index in [0.29, 0.717) is 6.42 Å². The summed E-state index contributed by atoms with van der Waals surface area (Å²) in [4.78, 5) is 28.8. The van der Waals surface area contributed by atoms with Crippen molar-refractivity contribution in [2.24, 2.45) is 11.7 Å². The molecule has 2 N–H and O–H groups in total. The van der Waals surface area contributed by atoms with Gasteiger partial charge >= 0.3 is 0 Å². The summed E-state index contributed by atoms with van der Waals surface area (Å²) < 4.78 is 0. The number of hydrogen-bond acceptors (Lipinski definition) is 3. The van der Waals surface area contributed by atoms with E-state index in [1.165, 1.54) is 5.56 Å². The Bertz CT molecular complexity index is 590. The van der Waals surface area contributed by atoms with E-state index in [2.05, 4.69) is 29.2 Å². The Kier molecular flexibility index (Phi) is 6.08. The van der Waals surface area contributed by atoms with E-state index >= 15 is 0 Å². The maximum Gasteiger partial charge on any atom is 0.227 e. The quantitative estimate of drug-likeness (QED) is 0.891. The maximum absolute atomic E-state index is 13.1. The second kappa shape index (κ2) is 8.48. The summed E-state index contributed by atoms with van der Waals surface area (Å²) in [6.07, 6.45) is 5.30. The predicted octanol–water partition coefficient (Wildman–Crippen LogP) is 2.16. The lowest BCUT2D eigenvalue weighted by atomic mass is 9.92. The number of primary amides is 1. The van der Waals surface area contributed by atoms with Crippen molar-refractivity contribution in [2.75, 3.05) is 19.6 Å². The molecule has 2 aliphatic rings. The fraction of sp³-hybridized carbons (Fsp3) is 0.600. The summed E-state index contributed by atoms with van der Waals surface area (Å²) in [5.41, 5.74) is 6.68. The van der Waals surface area contributed by atoms with E-state index in [0.717, 1.165) is 58.3 Å². The highest BCUT2D eigenvalue weighted by Crippen LogP contribution is 2.26. The third kappa shape index (κ3) is 4.82. The Balaban J connectivity index is 1.61. The first-order valence-electron chi connectivity index (χ1n) is 9.48. The van der Waals surface area contributed by atoms with Crippen LogP contribution in [0.4, 0.5) is 0 Å². The van der Waals surface area contributed by atoms with Gasteiger partial charge in [0.25, 0.3) is 0 Å². The third-order valence-electron chi connectivity index (χ3n) is 5.45. The molecule has 2 amide bonds. The zero-order valence-corrected chi connectivity index (χ0v) is 14.9. The molecule has 2 saturated heterocycles. The lowest BCUT2D eigenvalue weighted by molar-refractivity contribution is -0.142. The lowest BCUT2D eigenvalue weighted by Crippen LogP contribution is -2.51. The lowest BCUT2D eigenvalue weighted by Gasteiger charge is -2.40. The van der Waals surface area contributed by atoms with Crippen LogP contribution in [0.1, 0.15) is 44.1 Å². The number of nitrogens with two attached hydrogens (primary N) is 1. The minimum absolute atomic E-state index is 0.00301. The molecule has 0 aromatic heterocycles. The van der Waals surface area contributed by atoms with E-state index < -0.39 is 0 Å². The number of rotatable bonds is 5. The Hall–Kier alpha value is -1.88. The number of carbonyl (C=O) groups excluding carboxylic acids is 2. The molecule has 0 radical (unpaired) electrons. The molecule has 5 nitrogen and oxygen atoms in total. The van der Waals surface area contributed by atoms with Crippen molar-refractivity contribution in [2.45, 2.75) is 51.1 Å². The van der Waals surface area contributed by atoms with E-state index in [9.17, 15) is 9.59 Å². The molecule has 1 aromatic rings. The number of carbonyl (C=O) groups is 2. The summed E-state index contributed by atoms with van der Waals surface area (Å²) in [6, 6.07) is 10.4. The zero-order chi connectivity index (χ0) is 17.6. The summed E-state index contributed by atoms with van der Waals surface area (Å²) in [6.45, 7) is 3.53. The van der Waals surface area contributed by atoms with Crippen LogP contribution in [-0.4, -0.2) is 47.3 Å². The van der Waals surface area contributed by atoms with Crippen LogP contribution in [-0.2, 0) is 16.1 Å². The molecule has 3 rings (SSSR count). The second-order valence-corrected chi connectivity index (χ2v) is 7.41. The molecule has 136 valence electrons. The summed E-state index contributed by atoms with van der Waals surface area (Å²) >= 11 is 0. The molecule has 2 heterocycles. The first kappa shape index (κ1) is 17.9. The second-order valence-electron chi connectivity index (χ2n) is 7.41. The zero-order valence-electron chi connectivity index (χ0n) is 14.9. The van der Waals surface area contributed by atoms with Crippen LogP contribution in [0.5, 0.6) is 0 Å². The molecule has 0 saturated carbocycles. The molecular formula is C20H29N3O2. The van der Waals surface area contributed by atoms with E-state index in [4.69, 9.17) is 5.73 Å². The molecule has 0 bridgehead atoms. The van der Waals surface area contributed by atoms with Gasteiger partial charge < -0.3 is 10.6 Å². The Morgan fingerprint density at radius 3 is 2.60 bits per heavy atom. The fourth-order valence-corrected chi connectivity index (χ4v) is 4.21. The predicted molar refractivity (Wildman–Crippen MR) is 97.6 cm³/mol. The van der Waals surface area contributed by atoms with Crippen LogP contribution in [0.15, 0.2) is 30.3 Å². The number of likely N-dealkylation sites (tertiary alicyclic amines) is 2. The van der Waals surface area contributed by atoms with Crippen LogP contribution in [0.3, 0.4) is 0 Å². The minimum Gasteiger partial charge on any atom is -0.370 e. The van der Waals surface area contributed by atoms with Crippen molar-refractivity contribution >= 4 is 11.8 Å². The van der Waals surface area contributed by atoms with E-state index in [-0.39, 0.29) is 23.8 Å². The minimum atomic E-state index is -0.306. The summed E-state index contributed by atoms with van der Waals surface area (Å²) in [5, 5.41) is 0. The van der Waals surface area contributed by atoms with E-state index in [1.54, 1.807) is 0 Å². The van der Waals surface area contributed by atoms with Gasteiger partial charge in [-0.1, -0.05) is 30.3 Å². The van der Waals surface area contributed by atoms with Gasteiger partial charge in [0.1, 0.15) is 0 Å². The molecular weight excluding hydrogens is 314 g/mol. The molecule has 2 atom stereocenters. The molecule has 1 aromatic carbocycles. The highest BCUT2D eigenvalue weighted by Gasteiger charge is 2.34. The first-order valence-corrected chi connectivity index (χ1v) is 9.48. The highest BCUT2D eigenvalue weighted by atomic mass is 16.2. The van der Waals surface area contributed by atoms with Crippen LogP contribution >= 0.6 is 0 Å². The highest BCUT2D eigenvalue weighted by molar-refractivity contribution is 5.81.